The molecule has 0 bridgehead atoms. The van der Waals surface area contributed by atoms with Gasteiger partial charge in [0.2, 0.25) is 0 Å². The van der Waals surface area contributed by atoms with Crippen molar-refractivity contribution in [2.24, 2.45) is 0 Å². The summed E-state index contributed by atoms with van der Waals surface area (Å²) in [7, 11) is 1.50. The highest BCUT2D eigenvalue weighted by Crippen LogP contribution is 2.29. The van der Waals surface area contributed by atoms with Gasteiger partial charge in [-0.05, 0) is 25.5 Å². The molecule has 1 aromatic carbocycles. The van der Waals surface area contributed by atoms with E-state index in [0.29, 0.717) is 5.75 Å². The van der Waals surface area contributed by atoms with E-state index in [0.717, 1.165) is 24.9 Å². The molecular weight excluding hydrogens is 193 g/mol. The van der Waals surface area contributed by atoms with Crippen LogP contribution < -0.4 is 10.1 Å². The van der Waals surface area contributed by atoms with Crippen molar-refractivity contribution >= 4 is 0 Å². The fourth-order valence-electron chi connectivity index (χ4n) is 2.07. The lowest BCUT2D eigenvalue weighted by atomic mass is 9.97. The number of hydrogen-bond acceptors (Lipinski definition) is 2. The summed E-state index contributed by atoms with van der Waals surface area (Å²) < 4.78 is 18.9. The third kappa shape index (κ3) is 2.12. The summed E-state index contributed by atoms with van der Waals surface area (Å²) in [4.78, 5) is 0. The molecule has 0 spiro atoms. The van der Waals surface area contributed by atoms with Crippen LogP contribution in [0.25, 0.3) is 0 Å². The standard InChI is InChI=1S/C12H16FNO/c1-15-11-7-4-5-9(12(11)13)10-6-2-3-8-14-10/h4-5,7,10,14H,2-3,6,8H2,1H3/t10-/m1/s1. The van der Waals surface area contributed by atoms with Crippen LogP contribution in [0.5, 0.6) is 5.75 Å². The molecule has 0 radical (unpaired) electrons. The van der Waals surface area contributed by atoms with Crippen molar-refractivity contribution in [1.29, 1.82) is 0 Å². The second-order valence-corrected chi connectivity index (χ2v) is 3.87. The van der Waals surface area contributed by atoms with Crippen LogP contribution in [0, 0.1) is 5.82 Å². The topological polar surface area (TPSA) is 21.3 Å². The third-order valence-electron chi connectivity index (χ3n) is 2.90. The molecule has 1 aromatic rings. The van der Waals surface area contributed by atoms with Gasteiger partial charge >= 0.3 is 0 Å². The predicted molar refractivity (Wildman–Crippen MR) is 57.5 cm³/mol. The van der Waals surface area contributed by atoms with E-state index in [-0.39, 0.29) is 11.9 Å². The van der Waals surface area contributed by atoms with E-state index in [2.05, 4.69) is 5.32 Å². The van der Waals surface area contributed by atoms with Crippen LogP contribution in [0.15, 0.2) is 18.2 Å². The van der Waals surface area contributed by atoms with Crippen molar-refractivity contribution in [2.75, 3.05) is 13.7 Å². The van der Waals surface area contributed by atoms with E-state index < -0.39 is 0 Å². The Hall–Kier alpha value is -1.09. The second kappa shape index (κ2) is 4.62. The summed E-state index contributed by atoms with van der Waals surface area (Å²) in [6.45, 7) is 0.974. The van der Waals surface area contributed by atoms with Gasteiger partial charge in [0.05, 0.1) is 7.11 Å². The number of methoxy groups -OCH3 is 1. The molecule has 0 aromatic heterocycles. The average Bonchev–Trinajstić information content (AvgIpc) is 2.30. The molecule has 0 saturated carbocycles. The molecule has 0 unspecified atom stereocenters. The molecule has 3 heteroatoms. The molecule has 0 aliphatic carbocycles. The number of benzene rings is 1. The molecular formula is C12H16FNO. The maximum Gasteiger partial charge on any atom is 0.169 e. The number of rotatable bonds is 2. The Morgan fingerprint density at radius 3 is 2.93 bits per heavy atom. The molecule has 1 saturated heterocycles. The van der Waals surface area contributed by atoms with Crippen molar-refractivity contribution in [3.8, 4) is 5.75 Å². The zero-order valence-corrected chi connectivity index (χ0v) is 8.92. The van der Waals surface area contributed by atoms with Gasteiger partial charge in [-0.3, -0.25) is 0 Å². The van der Waals surface area contributed by atoms with E-state index in [4.69, 9.17) is 4.74 Å². The maximum atomic E-state index is 13.9. The first kappa shape index (κ1) is 10.4. The quantitative estimate of drug-likeness (QED) is 0.808. The average molecular weight is 209 g/mol. The van der Waals surface area contributed by atoms with E-state index in [1.807, 2.05) is 12.1 Å². The maximum absolute atomic E-state index is 13.9. The normalized spacial score (nSPS) is 21.3. The van der Waals surface area contributed by atoms with E-state index in [1.165, 1.54) is 13.5 Å². The number of piperidine rings is 1. The minimum atomic E-state index is -0.223. The first-order valence-electron chi connectivity index (χ1n) is 5.38. The van der Waals surface area contributed by atoms with Crippen molar-refractivity contribution in [3.05, 3.63) is 29.6 Å². The SMILES string of the molecule is COc1cccc([C@H]2CCCCN2)c1F. The van der Waals surface area contributed by atoms with Crippen LogP contribution in [0.1, 0.15) is 30.9 Å². The number of hydrogen-bond donors (Lipinski definition) is 1. The van der Waals surface area contributed by atoms with Crippen molar-refractivity contribution in [2.45, 2.75) is 25.3 Å². The molecule has 15 heavy (non-hydrogen) atoms. The molecule has 1 atom stereocenters. The van der Waals surface area contributed by atoms with Crippen LogP contribution >= 0.6 is 0 Å². The zero-order chi connectivity index (χ0) is 10.7. The molecule has 1 aliphatic heterocycles. The first-order valence-corrected chi connectivity index (χ1v) is 5.38. The monoisotopic (exact) mass is 209 g/mol. The summed E-state index contributed by atoms with van der Waals surface area (Å²) >= 11 is 0. The number of ether oxygens (including phenoxy) is 1. The fourth-order valence-corrected chi connectivity index (χ4v) is 2.07. The van der Waals surface area contributed by atoms with Gasteiger partial charge in [0.25, 0.3) is 0 Å². The van der Waals surface area contributed by atoms with Crippen LogP contribution in [0.2, 0.25) is 0 Å². The third-order valence-corrected chi connectivity index (χ3v) is 2.90. The van der Waals surface area contributed by atoms with E-state index in [1.54, 1.807) is 6.07 Å². The molecule has 1 fully saturated rings. The minimum absolute atomic E-state index is 0.147. The Bertz CT molecular complexity index is 334. The van der Waals surface area contributed by atoms with Gasteiger partial charge in [-0.15, -0.1) is 0 Å². The highest BCUT2D eigenvalue weighted by Gasteiger charge is 2.19. The summed E-state index contributed by atoms with van der Waals surface area (Å²) in [6.07, 6.45) is 3.35. The Morgan fingerprint density at radius 2 is 2.27 bits per heavy atom. The van der Waals surface area contributed by atoms with Crippen LogP contribution in [-0.2, 0) is 0 Å². The molecule has 82 valence electrons. The first-order chi connectivity index (χ1) is 7.33. The van der Waals surface area contributed by atoms with Gasteiger partial charge in [0.1, 0.15) is 0 Å². The van der Waals surface area contributed by atoms with Gasteiger partial charge in [-0.2, -0.15) is 0 Å². The molecule has 2 nitrogen and oxygen atoms in total. The van der Waals surface area contributed by atoms with Gasteiger partial charge in [0, 0.05) is 11.6 Å². The number of nitrogens with one attached hydrogen (secondary N) is 1. The minimum Gasteiger partial charge on any atom is -0.494 e. The summed E-state index contributed by atoms with van der Waals surface area (Å²) in [5.74, 6) is 0.110. The predicted octanol–water partition coefficient (Wildman–Crippen LogP) is 2.65. The molecule has 1 heterocycles. The lowest BCUT2D eigenvalue weighted by Gasteiger charge is -2.24. The molecule has 2 rings (SSSR count). The van der Waals surface area contributed by atoms with E-state index in [9.17, 15) is 4.39 Å². The smallest absolute Gasteiger partial charge is 0.169 e. The van der Waals surface area contributed by atoms with Crippen LogP contribution in [0.3, 0.4) is 0 Å². The van der Waals surface area contributed by atoms with Gasteiger partial charge in [-0.1, -0.05) is 18.6 Å². The van der Waals surface area contributed by atoms with Crippen LogP contribution in [-0.4, -0.2) is 13.7 Å². The Balaban J connectivity index is 2.26. The van der Waals surface area contributed by atoms with Crippen molar-refractivity contribution in [1.82, 2.24) is 5.32 Å². The summed E-state index contributed by atoms with van der Waals surface area (Å²) in [6, 6.07) is 5.48. The molecule has 1 aliphatic rings. The zero-order valence-electron chi connectivity index (χ0n) is 8.92. The lowest BCUT2D eigenvalue weighted by Crippen LogP contribution is -2.27. The Morgan fingerprint density at radius 1 is 1.40 bits per heavy atom. The largest absolute Gasteiger partial charge is 0.494 e. The van der Waals surface area contributed by atoms with Crippen molar-refractivity contribution in [3.63, 3.8) is 0 Å². The second-order valence-electron chi connectivity index (χ2n) is 3.87. The highest BCUT2D eigenvalue weighted by molar-refractivity contribution is 5.33. The van der Waals surface area contributed by atoms with Gasteiger partial charge < -0.3 is 10.1 Å². The fraction of sp³-hybridized carbons (Fsp3) is 0.500. The molecule has 1 N–H and O–H groups in total. The number of halogens is 1. The van der Waals surface area contributed by atoms with Crippen molar-refractivity contribution < 1.29 is 9.13 Å². The van der Waals surface area contributed by atoms with E-state index >= 15 is 0 Å². The van der Waals surface area contributed by atoms with Gasteiger partial charge in [-0.25, -0.2) is 4.39 Å². The summed E-state index contributed by atoms with van der Waals surface area (Å²) in [5, 5.41) is 3.33. The summed E-state index contributed by atoms with van der Waals surface area (Å²) in [5.41, 5.74) is 0.731. The van der Waals surface area contributed by atoms with Gasteiger partial charge in [0.15, 0.2) is 11.6 Å². The Kier molecular flexibility index (Phi) is 3.21. The van der Waals surface area contributed by atoms with Crippen LogP contribution in [0.4, 0.5) is 4.39 Å². The highest BCUT2D eigenvalue weighted by atomic mass is 19.1. The lowest BCUT2D eigenvalue weighted by molar-refractivity contribution is 0.366. The Labute approximate surface area is 89.4 Å². The molecule has 0 amide bonds.